The van der Waals surface area contributed by atoms with Crippen LogP contribution in [-0.2, 0) is 9.53 Å². The van der Waals surface area contributed by atoms with Gasteiger partial charge in [-0.05, 0) is 57.9 Å². The van der Waals surface area contributed by atoms with Crippen molar-refractivity contribution in [3.05, 3.63) is 0 Å². The molecule has 0 radical (unpaired) electrons. The van der Waals surface area contributed by atoms with E-state index in [0.717, 1.165) is 51.7 Å². The molecule has 1 aliphatic carbocycles. The van der Waals surface area contributed by atoms with Crippen LogP contribution in [0.4, 0.5) is 0 Å². The van der Waals surface area contributed by atoms with Crippen molar-refractivity contribution in [3.8, 4) is 0 Å². The first-order valence-electron chi connectivity index (χ1n) is 8.13. The van der Waals surface area contributed by atoms with Crippen LogP contribution >= 0.6 is 0 Å². The first kappa shape index (κ1) is 13.6. The average molecular weight is 265 g/mol. The van der Waals surface area contributed by atoms with Gasteiger partial charge in [0, 0.05) is 12.5 Å². The van der Waals surface area contributed by atoms with Crippen molar-refractivity contribution < 1.29 is 9.53 Å². The normalized spacial score (nSPS) is 37.2. The summed E-state index contributed by atoms with van der Waals surface area (Å²) in [7, 11) is 0. The molecule has 0 amide bonds. The van der Waals surface area contributed by atoms with Gasteiger partial charge in [0.1, 0.15) is 0 Å². The molecular formula is C16H27NO2. The van der Waals surface area contributed by atoms with Crippen molar-refractivity contribution >= 4 is 5.78 Å². The van der Waals surface area contributed by atoms with Crippen LogP contribution in [-0.4, -0.2) is 30.1 Å². The highest BCUT2D eigenvalue weighted by atomic mass is 16.5. The fourth-order valence-corrected chi connectivity index (χ4v) is 4.34. The molecule has 2 atom stereocenters. The fourth-order valence-electron chi connectivity index (χ4n) is 4.34. The highest BCUT2D eigenvalue weighted by Crippen LogP contribution is 2.45. The van der Waals surface area contributed by atoms with Crippen LogP contribution in [0.15, 0.2) is 0 Å². The van der Waals surface area contributed by atoms with Crippen LogP contribution in [0.1, 0.15) is 64.7 Å². The molecule has 1 saturated carbocycles. The lowest BCUT2D eigenvalue weighted by Gasteiger charge is -2.48. The summed E-state index contributed by atoms with van der Waals surface area (Å²) < 4.78 is 5.96. The Labute approximate surface area is 116 Å². The number of nitrogens with one attached hydrogen (secondary N) is 1. The molecule has 2 heterocycles. The Morgan fingerprint density at radius 1 is 1.32 bits per heavy atom. The van der Waals surface area contributed by atoms with Crippen molar-refractivity contribution in [1.29, 1.82) is 0 Å². The van der Waals surface area contributed by atoms with Gasteiger partial charge in [0.2, 0.25) is 0 Å². The minimum absolute atomic E-state index is 0.0879. The molecule has 2 aliphatic heterocycles. The minimum Gasteiger partial charge on any atom is -0.375 e. The highest BCUT2D eigenvalue weighted by Gasteiger charge is 2.49. The molecule has 2 saturated heterocycles. The smallest absolute Gasteiger partial charge is 0.156 e. The van der Waals surface area contributed by atoms with Gasteiger partial charge in [-0.1, -0.05) is 13.3 Å². The predicted molar refractivity (Wildman–Crippen MR) is 75.1 cm³/mol. The van der Waals surface area contributed by atoms with E-state index in [1.54, 1.807) is 0 Å². The molecule has 3 aliphatic rings. The van der Waals surface area contributed by atoms with Crippen molar-refractivity contribution in [2.45, 2.75) is 75.9 Å². The van der Waals surface area contributed by atoms with E-state index in [1.807, 2.05) is 0 Å². The summed E-state index contributed by atoms with van der Waals surface area (Å²) in [5.41, 5.74) is -0.105. The number of ketones is 1. The van der Waals surface area contributed by atoms with E-state index in [2.05, 4.69) is 12.2 Å². The van der Waals surface area contributed by atoms with Crippen LogP contribution in [0, 0.1) is 5.92 Å². The molecule has 3 nitrogen and oxygen atoms in total. The van der Waals surface area contributed by atoms with Gasteiger partial charge in [-0.25, -0.2) is 0 Å². The maximum atomic E-state index is 13.0. The molecule has 3 fully saturated rings. The molecule has 1 spiro atoms. The van der Waals surface area contributed by atoms with Gasteiger partial charge in [0.05, 0.1) is 11.1 Å². The minimum atomic E-state index is -0.193. The maximum Gasteiger partial charge on any atom is 0.156 e. The highest BCUT2D eigenvalue weighted by molar-refractivity contribution is 5.91. The molecule has 0 aromatic rings. The summed E-state index contributed by atoms with van der Waals surface area (Å²) in [4.78, 5) is 13.0. The van der Waals surface area contributed by atoms with Gasteiger partial charge in [-0.15, -0.1) is 0 Å². The predicted octanol–water partition coefficient (Wildman–Crippen LogP) is 2.83. The van der Waals surface area contributed by atoms with Crippen molar-refractivity contribution in [3.63, 3.8) is 0 Å². The maximum absolute atomic E-state index is 13.0. The van der Waals surface area contributed by atoms with Gasteiger partial charge < -0.3 is 10.1 Å². The Bertz CT molecular complexity index is 343. The molecule has 2 unspecified atom stereocenters. The number of carbonyl (C=O) groups excluding carboxylic acids is 1. The quantitative estimate of drug-likeness (QED) is 0.849. The van der Waals surface area contributed by atoms with Gasteiger partial charge in [0.25, 0.3) is 0 Å². The molecular weight excluding hydrogens is 238 g/mol. The lowest BCUT2D eigenvalue weighted by molar-refractivity contribution is -0.159. The zero-order valence-corrected chi connectivity index (χ0v) is 12.2. The first-order chi connectivity index (χ1) is 9.20. The summed E-state index contributed by atoms with van der Waals surface area (Å²) >= 11 is 0. The largest absolute Gasteiger partial charge is 0.375 e. The number of hydrogen-bond acceptors (Lipinski definition) is 3. The second kappa shape index (κ2) is 5.17. The third kappa shape index (κ3) is 2.36. The zero-order valence-electron chi connectivity index (χ0n) is 12.2. The van der Waals surface area contributed by atoms with Crippen LogP contribution < -0.4 is 5.32 Å². The third-order valence-corrected chi connectivity index (χ3v) is 5.52. The second-order valence-corrected chi connectivity index (χ2v) is 6.80. The summed E-state index contributed by atoms with van der Waals surface area (Å²) in [5, 5.41) is 3.54. The van der Waals surface area contributed by atoms with Gasteiger partial charge in [-0.2, -0.15) is 0 Å². The Kier molecular flexibility index (Phi) is 3.69. The number of ether oxygens (including phenoxy) is 1. The van der Waals surface area contributed by atoms with Crippen LogP contribution in [0.3, 0.4) is 0 Å². The lowest BCUT2D eigenvalue weighted by Crippen LogP contribution is -2.54. The van der Waals surface area contributed by atoms with Gasteiger partial charge in [0.15, 0.2) is 5.78 Å². The van der Waals surface area contributed by atoms with E-state index in [0.29, 0.717) is 5.78 Å². The molecule has 3 rings (SSSR count). The number of carbonyl (C=O) groups is 1. The van der Waals surface area contributed by atoms with Gasteiger partial charge in [-0.3, -0.25) is 4.79 Å². The zero-order chi connectivity index (χ0) is 13.3. The molecule has 3 heteroatoms. The van der Waals surface area contributed by atoms with E-state index in [9.17, 15) is 4.79 Å². The van der Waals surface area contributed by atoms with Crippen molar-refractivity contribution in [2.75, 3.05) is 13.2 Å². The van der Waals surface area contributed by atoms with Gasteiger partial charge >= 0.3 is 0 Å². The fraction of sp³-hybridized carbons (Fsp3) is 0.938. The Morgan fingerprint density at radius 3 is 2.74 bits per heavy atom. The summed E-state index contributed by atoms with van der Waals surface area (Å²) in [6, 6.07) is 0. The van der Waals surface area contributed by atoms with Crippen molar-refractivity contribution in [1.82, 2.24) is 5.32 Å². The number of rotatable bonds is 4. The molecule has 0 bridgehead atoms. The topological polar surface area (TPSA) is 38.3 Å². The number of Topliss-reactive ketones (excluding diaryl/α,β-unsaturated/α-hetero) is 1. The van der Waals surface area contributed by atoms with Crippen LogP contribution in [0.25, 0.3) is 0 Å². The molecule has 0 aromatic heterocycles. The third-order valence-electron chi connectivity index (χ3n) is 5.52. The Morgan fingerprint density at radius 2 is 2.16 bits per heavy atom. The SMILES string of the molecule is CCCC1(C(=O)C2CCOC3(CCC3)C2)CCCN1. The monoisotopic (exact) mass is 265 g/mol. The molecule has 0 aromatic carbocycles. The molecule has 19 heavy (non-hydrogen) atoms. The van der Waals surface area contributed by atoms with Crippen LogP contribution in [0.5, 0.6) is 0 Å². The van der Waals surface area contributed by atoms with E-state index in [-0.39, 0.29) is 17.1 Å². The van der Waals surface area contributed by atoms with E-state index < -0.39 is 0 Å². The van der Waals surface area contributed by atoms with E-state index in [4.69, 9.17) is 4.74 Å². The first-order valence-corrected chi connectivity index (χ1v) is 8.13. The van der Waals surface area contributed by atoms with E-state index >= 15 is 0 Å². The summed E-state index contributed by atoms with van der Waals surface area (Å²) in [5.74, 6) is 0.743. The number of hydrogen-bond donors (Lipinski definition) is 1. The Balaban J connectivity index is 1.71. The standard InChI is InChI=1S/C16H27NO2/c1-2-6-16(9-4-10-17-16)14(18)13-5-11-19-15(12-13)7-3-8-15/h13,17H,2-12H2,1H3. The second-order valence-electron chi connectivity index (χ2n) is 6.80. The van der Waals surface area contributed by atoms with E-state index in [1.165, 1.54) is 19.3 Å². The summed E-state index contributed by atoms with van der Waals surface area (Å²) in [6.45, 7) is 3.99. The lowest BCUT2D eigenvalue weighted by atomic mass is 9.68. The van der Waals surface area contributed by atoms with Crippen LogP contribution in [0.2, 0.25) is 0 Å². The molecule has 108 valence electrons. The molecule has 1 N–H and O–H groups in total. The Hall–Kier alpha value is -0.410. The van der Waals surface area contributed by atoms with Crippen molar-refractivity contribution in [2.24, 2.45) is 5.92 Å². The average Bonchev–Trinajstić information content (AvgIpc) is 2.86. The summed E-state index contributed by atoms with van der Waals surface area (Å²) in [6.07, 6.45) is 9.84.